The number of fused-ring (bicyclic) bond motifs is 1. The molecule has 0 amide bonds. The summed E-state index contributed by atoms with van der Waals surface area (Å²) < 4.78 is 2.14. The molecule has 0 aliphatic rings. The average molecular weight is 211 g/mol. The lowest BCUT2D eigenvalue weighted by atomic mass is 9.96. The van der Waals surface area contributed by atoms with Crippen molar-refractivity contribution in [1.29, 1.82) is 0 Å². The molecule has 0 fully saturated rings. The monoisotopic (exact) mass is 211 g/mol. The molecule has 0 saturated heterocycles. The van der Waals surface area contributed by atoms with Crippen molar-refractivity contribution >= 4 is 10.9 Å². The maximum atomic E-state index is 3.26. The zero-order chi connectivity index (χ0) is 11.5. The van der Waals surface area contributed by atoms with E-state index in [0.29, 0.717) is 5.92 Å². The Morgan fingerprint density at radius 3 is 2.81 bits per heavy atom. The van der Waals surface area contributed by atoms with Gasteiger partial charge in [0, 0.05) is 24.7 Å². The van der Waals surface area contributed by atoms with Crippen molar-refractivity contribution < 1.29 is 0 Å². The first-order valence-electron chi connectivity index (χ1n) is 5.73. The van der Waals surface area contributed by atoms with Crippen molar-refractivity contribution in [2.24, 2.45) is 7.05 Å². The zero-order valence-electron chi connectivity index (χ0n) is 10.1. The highest BCUT2D eigenvalue weighted by Gasteiger charge is 2.07. The molecule has 1 atom stereocenters. The lowest BCUT2D eigenvalue weighted by Crippen LogP contribution is -1.94. The third-order valence-electron chi connectivity index (χ3n) is 3.04. The van der Waals surface area contributed by atoms with E-state index in [-0.39, 0.29) is 0 Å². The highest BCUT2D eigenvalue weighted by Crippen LogP contribution is 2.23. The van der Waals surface area contributed by atoms with Crippen molar-refractivity contribution in [3.63, 3.8) is 0 Å². The molecule has 0 N–H and O–H groups in total. The molecule has 82 valence electrons. The summed E-state index contributed by atoms with van der Waals surface area (Å²) in [6.45, 7) is 4.09. The molecule has 0 aliphatic heterocycles. The van der Waals surface area contributed by atoms with Crippen LogP contribution in [0.15, 0.2) is 30.5 Å². The van der Waals surface area contributed by atoms with Crippen LogP contribution in [0.3, 0.4) is 0 Å². The van der Waals surface area contributed by atoms with Crippen LogP contribution >= 0.6 is 0 Å². The Labute approximate surface area is 97.1 Å². The lowest BCUT2D eigenvalue weighted by molar-refractivity contribution is 0.831. The highest BCUT2D eigenvalue weighted by atomic mass is 14.9. The summed E-state index contributed by atoms with van der Waals surface area (Å²) in [5.41, 5.74) is 2.61. The molecule has 0 saturated carbocycles. The Bertz CT molecular complexity index is 552. The minimum Gasteiger partial charge on any atom is -0.351 e. The van der Waals surface area contributed by atoms with E-state index in [1.54, 1.807) is 0 Å². The number of hydrogen-bond acceptors (Lipinski definition) is 0. The molecule has 0 spiro atoms. The number of aromatic nitrogens is 1. The minimum absolute atomic E-state index is 0.370. The van der Waals surface area contributed by atoms with Crippen LogP contribution < -0.4 is 0 Å². The molecular formula is C15H17N. The van der Waals surface area contributed by atoms with E-state index >= 15 is 0 Å². The fourth-order valence-electron chi connectivity index (χ4n) is 2.11. The van der Waals surface area contributed by atoms with Crippen LogP contribution in [-0.4, -0.2) is 4.57 Å². The average Bonchev–Trinajstić information content (AvgIpc) is 2.67. The minimum atomic E-state index is 0.370. The molecule has 0 radical (unpaired) electrons. The lowest BCUT2D eigenvalue weighted by Gasteiger charge is -2.08. The fraction of sp³-hybridized carbons (Fsp3) is 0.333. The van der Waals surface area contributed by atoms with Crippen LogP contribution in [0, 0.1) is 11.8 Å². The standard InChI is InChI=1S/C15H17N/c1-4-6-12(5-2)13-7-8-15-14(11-13)9-10-16(15)3/h7-12H,5H2,1-3H3/t12-/m0/s1. The van der Waals surface area contributed by atoms with Crippen molar-refractivity contribution in [2.45, 2.75) is 26.2 Å². The van der Waals surface area contributed by atoms with Gasteiger partial charge in [-0.25, -0.2) is 0 Å². The maximum Gasteiger partial charge on any atom is 0.0477 e. The normalized spacial score (nSPS) is 12.2. The van der Waals surface area contributed by atoms with Gasteiger partial charge in [0.15, 0.2) is 0 Å². The third kappa shape index (κ3) is 1.84. The van der Waals surface area contributed by atoms with Crippen LogP contribution in [-0.2, 0) is 7.05 Å². The summed E-state index contributed by atoms with van der Waals surface area (Å²) >= 11 is 0. The first kappa shape index (κ1) is 10.8. The summed E-state index contributed by atoms with van der Waals surface area (Å²) in [6.07, 6.45) is 3.17. The highest BCUT2D eigenvalue weighted by molar-refractivity contribution is 5.81. The molecule has 1 nitrogen and oxygen atoms in total. The third-order valence-corrected chi connectivity index (χ3v) is 3.04. The van der Waals surface area contributed by atoms with Gasteiger partial charge in [-0.2, -0.15) is 0 Å². The Hall–Kier alpha value is -1.68. The van der Waals surface area contributed by atoms with Crippen LogP contribution in [0.2, 0.25) is 0 Å². The molecule has 1 heterocycles. The topological polar surface area (TPSA) is 4.93 Å². The maximum absolute atomic E-state index is 3.26. The van der Waals surface area contributed by atoms with Gasteiger partial charge < -0.3 is 4.57 Å². The molecule has 0 unspecified atom stereocenters. The van der Waals surface area contributed by atoms with Gasteiger partial charge in [-0.1, -0.05) is 18.9 Å². The first-order chi connectivity index (χ1) is 7.76. The molecule has 16 heavy (non-hydrogen) atoms. The van der Waals surface area contributed by atoms with Gasteiger partial charge in [-0.3, -0.25) is 0 Å². The first-order valence-corrected chi connectivity index (χ1v) is 5.73. The summed E-state index contributed by atoms with van der Waals surface area (Å²) in [6, 6.07) is 8.80. The van der Waals surface area contributed by atoms with Crippen molar-refractivity contribution in [3.8, 4) is 11.8 Å². The summed E-state index contributed by atoms with van der Waals surface area (Å²) in [5.74, 6) is 6.65. The van der Waals surface area contributed by atoms with Gasteiger partial charge in [-0.15, -0.1) is 5.92 Å². The van der Waals surface area contributed by atoms with Gasteiger partial charge in [0.2, 0.25) is 0 Å². The predicted molar refractivity (Wildman–Crippen MR) is 69.4 cm³/mol. The molecule has 2 aromatic rings. The second-order valence-electron chi connectivity index (χ2n) is 4.10. The molecular weight excluding hydrogens is 194 g/mol. The molecule has 2 rings (SSSR count). The number of nitrogens with zero attached hydrogens (tertiary/aromatic N) is 1. The van der Waals surface area contributed by atoms with Gasteiger partial charge >= 0.3 is 0 Å². The molecule has 1 aromatic carbocycles. The second-order valence-corrected chi connectivity index (χ2v) is 4.10. The fourth-order valence-corrected chi connectivity index (χ4v) is 2.11. The molecule has 0 bridgehead atoms. The van der Waals surface area contributed by atoms with Crippen LogP contribution in [0.25, 0.3) is 10.9 Å². The Morgan fingerprint density at radius 2 is 2.12 bits per heavy atom. The smallest absolute Gasteiger partial charge is 0.0477 e. The SMILES string of the molecule is CC#C[C@H](CC)c1ccc2c(ccn2C)c1. The van der Waals surface area contributed by atoms with E-state index in [1.165, 1.54) is 16.5 Å². The molecule has 0 aliphatic carbocycles. The Kier molecular flexibility index (Phi) is 3.01. The number of aryl methyl sites for hydroxylation is 1. The van der Waals surface area contributed by atoms with Gasteiger partial charge in [0.05, 0.1) is 0 Å². The largest absolute Gasteiger partial charge is 0.351 e. The Balaban J connectivity index is 2.48. The summed E-state index contributed by atoms with van der Waals surface area (Å²) in [4.78, 5) is 0. The summed E-state index contributed by atoms with van der Waals surface area (Å²) in [5, 5.41) is 1.30. The van der Waals surface area contributed by atoms with Crippen LogP contribution in [0.1, 0.15) is 31.7 Å². The van der Waals surface area contributed by atoms with Gasteiger partial charge in [0.1, 0.15) is 0 Å². The van der Waals surface area contributed by atoms with Crippen LogP contribution in [0.4, 0.5) is 0 Å². The summed E-state index contributed by atoms with van der Waals surface area (Å²) in [7, 11) is 2.07. The van der Waals surface area contributed by atoms with Crippen LogP contribution in [0.5, 0.6) is 0 Å². The van der Waals surface area contributed by atoms with E-state index in [2.05, 4.69) is 60.8 Å². The van der Waals surface area contributed by atoms with Gasteiger partial charge in [0.25, 0.3) is 0 Å². The quantitative estimate of drug-likeness (QED) is 0.667. The van der Waals surface area contributed by atoms with E-state index in [1.807, 2.05) is 6.92 Å². The van der Waals surface area contributed by atoms with Crippen molar-refractivity contribution in [1.82, 2.24) is 4.57 Å². The van der Waals surface area contributed by atoms with E-state index in [0.717, 1.165) is 6.42 Å². The second kappa shape index (κ2) is 4.45. The number of rotatable bonds is 2. The zero-order valence-corrected chi connectivity index (χ0v) is 10.1. The number of hydrogen-bond donors (Lipinski definition) is 0. The van der Waals surface area contributed by atoms with Crippen molar-refractivity contribution in [2.75, 3.05) is 0 Å². The van der Waals surface area contributed by atoms with E-state index in [4.69, 9.17) is 0 Å². The molecule has 1 heteroatoms. The Morgan fingerprint density at radius 1 is 1.31 bits per heavy atom. The predicted octanol–water partition coefficient (Wildman–Crippen LogP) is 3.70. The van der Waals surface area contributed by atoms with Gasteiger partial charge in [-0.05, 0) is 42.5 Å². The van der Waals surface area contributed by atoms with E-state index < -0.39 is 0 Å². The number of benzene rings is 1. The molecule has 1 aromatic heterocycles. The van der Waals surface area contributed by atoms with E-state index in [9.17, 15) is 0 Å². The van der Waals surface area contributed by atoms with Crippen molar-refractivity contribution in [3.05, 3.63) is 36.0 Å².